The molecule has 1 amide bonds. The Labute approximate surface area is 112 Å². The number of hydrogen-bond acceptors (Lipinski definition) is 4. The summed E-state index contributed by atoms with van der Waals surface area (Å²) in [5.41, 5.74) is 5.34. The maximum absolute atomic E-state index is 12.0. The molecule has 4 N–H and O–H groups in total. The van der Waals surface area contributed by atoms with Gasteiger partial charge in [-0.3, -0.25) is 4.79 Å². The number of nitrogens with two attached hydrogens (primary N) is 1. The van der Waals surface area contributed by atoms with Gasteiger partial charge in [-0.1, -0.05) is 0 Å². The number of nitrogens with one attached hydrogen (secondary N) is 1. The zero-order chi connectivity index (χ0) is 14.5. The summed E-state index contributed by atoms with van der Waals surface area (Å²) in [5, 5.41) is 8.69. The van der Waals surface area contributed by atoms with Gasteiger partial charge in [0.1, 0.15) is 0 Å². The Bertz CT molecular complexity index is 525. The number of aliphatic hydroxyl groups excluding tert-OH is 1. The van der Waals surface area contributed by atoms with E-state index in [-0.39, 0.29) is 23.1 Å². The third-order valence-corrected chi connectivity index (χ3v) is 4.21. The van der Waals surface area contributed by atoms with E-state index in [1.165, 1.54) is 24.3 Å². The molecule has 0 aliphatic heterocycles. The first-order valence-corrected chi connectivity index (χ1v) is 7.38. The zero-order valence-electron chi connectivity index (χ0n) is 10.7. The number of aliphatic hydroxyl groups is 1. The fourth-order valence-corrected chi connectivity index (χ4v) is 2.87. The summed E-state index contributed by atoms with van der Waals surface area (Å²) in [7, 11) is -3.62. The van der Waals surface area contributed by atoms with Crippen molar-refractivity contribution in [1.29, 1.82) is 0 Å². The van der Waals surface area contributed by atoms with E-state index in [9.17, 15) is 13.2 Å². The first-order valence-electron chi connectivity index (χ1n) is 5.90. The fraction of sp³-hybridized carbons (Fsp3) is 0.417. The van der Waals surface area contributed by atoms with Crippen LogP contribution in [0.1, 0.15) is 30.1 Å². The van der Waals surface area contributed by atoms with Crippen molar-refractivity contribution < 1.29 is 18.3 Å². The highest BCUT2D eigenvalue weighted by atomic mass is 32.2. The van der Waals surface area contributed by atoms with Crippen LogP contribution in [0.4, 0.5) is 0 Å². The van der Waals surface area contributed by atoms with E-state index in [1.807, 2.05) is 0 Å². The van der Waals surface area contributed by atoms with E-state index in [1.54, 1.807) is 6.92 Å². The topological polar surface area (TPSA) is 109 Å². The minimum atomic E-state index is -3.62. The van der Waals surface area contributed by atoms with Crippen LogP contribution >= 0.6 is 0 Å². The normalized spacial score (nSPS) is 13.2. The molecule has 0 bridgehead atoms. The number of amides is 1. The largest absolute Gasteiger partial charge is 0.396 e. The second-order valence-electron chi connectivity index (χ2n) is 4.28. The van der Waals surface area contributed by atoms with E-state index in [0.29, 0.717) is 12.8 Å². The quantitative estimate of drug-likeness (QED) is 0.666. The SMILES string of the molecule is CC(CCCO)NS(=O)(=O)c1ccc(C(N)=O)cc1. The van der Waals surface area contributed by atoms with Gasteiger partial charge < -0.3 is 10.8 Å². The van der Waals surface area contributed by atoms with E-state index < -0.39 is 15.9 Å². The van der Waals surface area contributed by atoms with Gasteiger partial charge in [-0.05, 0) is 44.0 Å². The standard InChI is InChI=1S/C12H18N2O4S/c1-9(3-2-8-15)14-19(17,18)11-6-4-10(5-7-11)12(13)16/h4-7,9,14-15H,2-3,8H2,1H3,(H2,13,16). The number of carbonyl (C=O) groups excluding carboxylic acids is 1. The highest BCUT2D eigenvalue weighted by Crippen LogP contribution is 2.11. The lowest BCUT2D eigenvalue weighted by Gasteiger charge is -2.13. The maximum atomic E-state index is 12.0. The van der Waals surface area contributed by atoms with Crippen molar-refractivity contribution in [2.24, 2.45) is 5.73 Å². The fourth-order valence-electron chi connectivity index (χ4n) is 1.59. The summed E-state index contributed by atoms with van der Waals surface area (Å²) in [6.45, 7) is 1.75. The van der Waals surface area contributed by atoms with Crippen molar-refractivity contribution in [1.82, 2.24) is 4.72 Å². The predicted octanol–water partition coefficient (Wildman–Crippen LogP) is 0.225. The smallest absolute Gasteiger partial charge is 0.248 e. The molecule has 7 heteroatoms. The minimum Gasteiger partial charge on any atom is -0.396 e. The molecule has 1 atom stereocenters. The molecule has 0 heterocycles. The number of benzene rings is 1. The van der Waals surface area contributed by atoms with Crippen molar-refractivity contribution in [3.05, 3.63) is 29.8 Å². The van der Waals surface area contributed by atoms with Gasteiger partial charge in [0.2, 0.25) is 15.9 Å². The molecule has 0 aliphatic rings. The van der Waals surface area contributed by atoms with Gasteiger partial charge in [-0.2, -0.15) is 0 Å². The van der Waals surface area contributed by atoms with Crippen LogP contribution in [0.2, 0.25) is 0 Å². The van der Waals surface area contributed by atoms with E-state index in [4.69, 9.17) is 10.8 Å². The number of primary amides is 1. The Balaban J connectivity index is 2.79. The third kappa shape index (κ3) is 4.62. The molecule has 0 saturated heterocycles. The highest BCUT2D eigenvalue weighted by molar-refractivity contribution is 7.89. The van der Waals surface area contributed by atoms with Crippen LogP contribution in [0.3, 0.4) is 0 Å². The van der Waals surface area contributed by atoms with E-state index in [2.05, 4.69) is 4.72 Å². The van der Waals surface area contributed by atoms with Gasteiger partial charge in [-0.25, -0.2) is 13.1 Å². The molecule has 106 valence electrons. The Morgan fingerprint density at radius 1 is 1.37 bits per heavy atom. The van der Waals surface area contributed by atoms with Crippen molar-refractivity contribution in [3.63, 3.8) is 0 Å². The number of carbonyl (C=O) groups is 1. The molecule has 0 radical (unpaired) electrons. The van der Waals surface area contributed by atoms with E-state index >= 15 is 0 Å². The van der Waals surface area contributed by atoms with Crippen molar-refractivity contribution >= 4 is 15.9 Å². The monoisotopic (exact) mass is 286 g/mol. The molecular weight excluding hydrogens is 268 g/mol. The average molecular weight is 286 g/mol. The second kappa shape index (κ2) is 6.65. The van der Waals surface area contributed by atoms with Crippen LogP contribution in [-0.2, 0) is 10.0 Å². The molecule has 1 unspecified atom stereocenters. The molecule has 19 heavy (non-hydrogen) atoms. The molecule has 0 aliphatic carbocycles. The Morgan fingerprint density at radius 3 is 2.42 bits per heavy atom. The highest BCUT2D eigenvalue weighted by Gasteiger charge is 2.17. The molecule has 0 fully saturated rings. The van der Waals surface area contributed by atoms with Crippen molar-refractivity contribution in [3.8, 4) is 0 Å². The number of rotatable bonds is 7. The molecular formula is C12H18N2O4S. The van der Waals surface area contributed by atoms with Gasteiger partial charge >= 0.3 is 0 Å². The molecule has 1 aromatic rings. The van der Waals surface area contributed by atoms with Crippen LogP contribution < -0.4 is 10.5 Å². The number of sulfonamides is 1. The predicted molar refractivity (Wildman–Crippen MR) is 71.1 cm³/mol. The summed E-state index contributed by atoms with van der Waals surface area (Å²) in [5.74, 6) is -0.603. The number of hydrogen-bond donors (Lipinski definition) is 3. The summed E-state index contributed by atoms with van der Waals surface area (Å²) >= 11 is 0. The van der Waals surface area contributed by atoms with Gasteiger partial charge in [0.05, 0.1) is 4.90 Å². The zero-order valence-corrected chi connectivity index (χ0v) is 11.5. The Morgan fingerprint density at radius 2 is 1.95 bits per heavy atom. The lowest BCUT2D eigenvalue weighted by atomic mass is 10.2. The summed E-state index contributed by atoms with van der Waals surface area (Å²) in [6.07, 6.45) is 1.08. The minimum absolute atomic E-state index is 0.0272. The van der Waals surface area contributed by atoms with Crippen LogP contribution in [0.15, 0.2) is 29.2 Å². The van der Waals surface area contributed by atoms with Crippen molar-refractivity contribution in [2.45, 2.75) is 30.7 Å². The lowest BCUT2D eigenvalue weighted by Crippen LogP contribution is -2.32. The molecule has 6 nitrogen and oxygen atoms in total. The summed E-state index contributed by atoms with van der Waals surface area (Å²) < 4.78 is 26.5. The Kier molecular flexibility index (Phi) is 5.46. The van der Waals surface area contributed by atoms with Crippen LogP contribution in [0.25, 0.3) is 0 Å². The lowest BCUT2D eigenvalue weighted by molar-refractivity contribution is 0.1000. The van der Waals surface area contributed by atoms with E-state index in [0.717, 1.165) is 0 Å². The van der Waals surface area contributed by atoms with Gasteiger partial charge in [0.15, 0.2) is 0 Å². The molecule has 0 saturated carbocycles. The first kappa shape index (κ1) is 15.6. The van der Waals surface area contributed by atoms with Gasteiger partial charge in [-0.15, -0.1) is 0 Å². The summed E-state index contributed by atoms with van der Waals surface area (Å²) in [4.78, 5) is 11.0. The third-order valence-electron chi connectivity index (χ3n) is 2.60. The van der Waals surface area contributed by atoms with Gasteiger partial charge in [0, 0.05) is 18.2 Å². The average Bonchev–Trinajstić information content (AvgIpc) is 2.36. The van der Waals surface area contributed by atoms with Gasteiger partial charge in [0.25, 0.3) is 0 Å². The van der Waals surface area contributed by atoms with Crippen molar-refractivity contribution in [2.75, 3.05) is 6.61 Å². The molecule has 1 rings (SSSR count). The Hall–Kier alpha value is -1.44. The first-order chi connectivity index (χ1) is 8.86. The molecule has 1 aromatic carbocycles. The molecule has 0 aromatic heterocycles. The summed E-state index contributed by atoms with van der Waals surface area (Å²) in [6, 6.07) is 5.14. The van der Waals surface area contributed by atoms with Crippen LogP contribution in [-0.4, -0.2) is 32.1 Å². The van der Waals surface area contributed by atoms with Crippen LogP contribution in [0, 0.1) is 0 Å². The van der Waals surface area contributed by atoms with Crippen LogP contribution in [0.5, 0.6) is 0 Å². The molecule has 0 spiro atoms. The maximum Gasteiger partial charge on any atom is 0.248 e. The second-order valence-corrected chi connectivity index (χ2v) is 5.99.